The van der Waals surface area contributed by atoms with Crippen molar-refractivity contribution in [1.82, 2.24) is 4.90 Å². The summed E-state index contributed by atoms with van der Waals surface area (Å²) in [5.41, 5.74) is 0. The smallest absolute Gasteiger partial charge is 0.225 e. The Morgan fingerprint density at radius 2 is 1.86 bits per heavy atom. The van der Waals surface area contributed by atoms with E-state index in [1.807, 2.05) is 13.8 Å². The summed E-state index contributed by atoms with van der Waals surface area (Å²) in [6.07, 6.45) is 3.66. The zero-order chi connectivity index (χ0) is 10.7. The van der Waals surface area contributed by atoms with E-state index in [0.29, 0.717) is 17.9 Å². The quantitative estimate of drug-likeness (QED) is 0.666. The zero-order valence-electron chi connectivity index (χ0n) is 9.92. The van der Waals surface area contributed by atoms with Gasteiger partial charge in [-0.25, -0.2) is 0 Å². The van der Waals surface area contributed by atoms with Gasteiger partial charge in [-0.15, -0.1) is 0 Å². The van der Waals surface area contributed by atoms with Gasteiger partial charge < -0.3 is 4.90 Å². The van der Waals surface area contributed by atoms with Crippen molar-refractivity contribution in [3.8, 4) is 0 Å². The number of amides is 1. The monoisotopic (exact) mass is 197 g/mol. The van der Waals surface area contributed by atoms with E-state index in [4.69, 9.17) is 0 Å². The predicted molar refractivity (Wildman–Crippen MR) is 59.0 cm³/mol. The molecule has 0 saturated carbocycles. The van der Waals surface area contributed by atoms with Crippen LogP contribution in [0.5, 0.6) is 0 Å². The second kappa shape index (κ2) is 4.81. The van der Waals surface area contributed by atoms with Gasteiger partial charge in [-0.3, -0.25) is 4.79 Å². The number of hydrogen-bond acceptors (Lipinski definition) is 1. The highest BCUT2D eigenvalue weighted by molar-refractivity contribution is 5.78. The first-order valence-corrected chi connectivity index (χ1v) is 5.84. The van der Waals surface area contributed by atoms with E-state index >= 15 is 0 Å². The number of carbonyl (C=O) groups excluding carboxylic acids is 1. The number of carbonyl (C=O) groups is 1. The first kappa shape index (κ1) is 11.5. The Labute approximate surface area is 87.7 Å². The summed E-state index contributed by atoms with van der Waals surface area (Å²) in [6.45, 7) is 9.40. The van der Waals surface area contributed by atoms with Crippen LogP contribution in [0, 0.1) is 11.8 Å². The lowest BCUT2D eigenvalue weighted by atomic mass is 9.92. The third-order valence-corrected chi connectivity index (χ3v) is 3.10. The van der Waals surface area contributed by atoms with Crippen LogP contribution in [0.25, 0.3) is 0 Å². The van der Waals surface area contributed by atoms with Crippen molar-refractivity contribution in [2.24, 2.45) is 11.8 Å². The molecule has 1 fully saturated rings. The Hall–Kier alpha value is -0.530. The maximum Gasteiger partial charge on any atom is 0.225 e. The minimum Gasteiger partial charge on any atom is -0.339 e. The summed E-state index contributed by atoms with van der Waals surface area (Å²) < 4.78 is 0. The highest BCUT2D eigenvalue weighted by Crippen LogP contribution is 2.24. The molecule has 1 amide bonds. The van der Waals surface area contributed by atoms with Gasteiger partial charge in [-0.05, 0) is 25.2 Å². The van der Waals surface area contributed by atoms with Gasteiger partial charge in [0.1, 0.15) is 0 Å². The molecule has 0 aromatic rings. The fraction of sp³-hybridized carbons (Fsp3) is 0.917. The lowest BCUT2D eigenvalue weighted by Crippen LogP contribution is -2.47. The van der Waals surface area contributed by atoms with Gasteiger partial charge in [0.25, 0.3) is 0 Å². The Morgan fingerprint density at radius 3 is 2.36 bits per heavy atom. The summed E-state index contributed by atoms with van der Waals surface area (Å²) in [5.74, 6) is 1.08. The molecule has 1 rings (SSSR count). The molecule has 2 nitrogen and oxygen atoms in total. The normalized spacial score (nSPS) is 23.3. The summed E-state index contributed by atoms with van der Waals surface area (Å²) in [6, 6.07) is 0.485. The van der Waals surface area contributed by atoms with Gasteiger partial charge in [-0.2, -0.15) is 0 Å². The number of likely N-dealkylation sites (tertiary alicyclic amines) is 1. The third-order valence-electron chi connectivity index (χ3n) is 3.10. The van der Waals surface area contributed by atoms with Gasteiger partial charge in [-0.1, -0.05) is 27.7 Å². The molecule has 2 heteroatoms. The molecule has 1 aliphatic heterocycles. The standard InChI is InChI=1S/C12H23NO/c1-9(2)11-7-5-6-8-13(11)12(14)10(3)4/h9-11H,5-8H2,1-4H3. The van der Waals surface area contributed by atoms with Crippen molar-refractivity contribution in [2.75, 3.05) is 6.54 Å². The van der Waals surface area contributed by atoms with E-state index in [2.05, 4.69) is 18.7 Å². The van der Waals surface area contributed by atoms with E-state index in [9.17, 15) is 4.79 Å². The van der Waals surface area contributed by atoms with Crippen LogP contribution in [-0.2, 0) is 4.79 Å². The third kappa shape index (κ3) is 2.49. The van der Waals surface area contributed by atoms with Crippen molar-refractivity contribution >= 4 is 5.91 Å². The highest BCUT2D eigenvalue weighted by atomic mass is 16.2. The van der Waals surface area contributed by atoms with E-state index in [1.54, 1.807) is 0 Å². The fourth-order valence-electron chi connectivity index (χ4n) is 2.26. The molecule has 82 valence electrons. The van der Waals surface area contributed by atoms with Crippen molar-refractivity contribution in [2.45, 2.75) is 53.0 Å². The van der Waals surface area contributed by atoms with Crippen molar-refractivity contribution < 1.29 is 4.79 Å². The molecular formula is C12H23NO. The number of piperidine rings is 1. The summed E-state index contributed by atoms with van der Waals surface area (Å²) in [7, 11) is 0. The molecule has 0 aromatic carbocycles. The van der Waals surface area contributed by atoms with E-state index in [1.165, 1.54) is 19.3 Å². The van der Waals surface area contributed by atoms with Crippen LogP contribution in [0.4, 0.5) is 0 Å². The van der Waals surface area contributed by atoms with Gasteiger partial charge in [0, 0.05) is 18.5 Å². The molecule has 0 aromatic heterocycles. The highest BCUT2D eigenvalue weighted by Gasteiger charge is 2.29. The number of nitrogens with zero attached hydrogens (tertiary/aromatic N) is 1. The molecule has 1 heterocycles. The first-order valence-electron chi connectivity index (χ1n) is 5.84. The topological polar surface area (TPSA) is 20.3 Å². The van der Waals surface area contributed by atoms with Gasteiger partial charge in [0.15, 0.2) is 0 Å². The Balaban J connectivity index is 2.67. The summed E-state index contributed by atoms with van der Waals surface area (Å²) in [5, 5.41) is 0. The Kier molecular flexibility index (Phi) is 3.97. The molecule has 0 bridgehead atoms. The van der Waals surface area contributed by atoms with E-state index < -0.39 is 0 Å². The molecule has 0 N–H and O–H groups in total. The maximum absolute atomic E-state index is 11.9. The fourth-order valence-corrected chi connectivity index (χ4v) is 2.26. The van der Waals surface area contributed by atoms with E-state index in [0.717, 1.165) is 6.54 Å². The van der Waals surface area contributed by atoms with Crippen LogP contribution in [-0.4, -0.2) is 23.4 Å². The molecule has 1 atom stereocenters. The molecule has 0 aliphatic carbocycles. The summed E-state index contributed by atoms with van der Waals surface area (Å²) >= 11 is 0. The lowest BCUT2D eigenvalue weighted by molar-refractivity contribution is -0.139. The molecular weight excluding hydrogens is 174 g/mol. The van der Waals surface area contributed by atoms with Crippen LogP contribution in [0.2, 0.25) is 0 Å². The second-order valence-electron chi connectivity index (χ2n) is 4.99. The predicted octanol–water partition coefficient (Wildman–Crippen LogP) is 2.68. The zero-order valence-corrected chi connectivity index (χ0v) is 9.92. The number of hydrogen-bond donors (Lipinski definition) is 0. The first-order chi connectivity index (χ1) is 6.54. The van der Waals surface area contributed by atoms with Gasteiger partial charge in [0.05, 0.1) is 0 Å². The molecule has 1 aliphatic rings. The molecule has 1 saturated heterocycles. The van der Waals surface area contributed by atoms with Crippen molar-refractivity contribution in [3.05, 3.63) is 0 Å². The molecule has 0 spiro atoms. The Morgan fingerprint density at radius 1 is 1.21 bits per heavy atom. The summed E-state index contributed by atoms with van der Waals surface area (Å²) in [4.78, 5) is 14.0. The molecule has 0 radical (unpaired) electrons. The molecule has 1 unspecified atom stereocenters. The van der Waals surface area contributed by atoms with Crippen LogP contribution in [0.15, 0.2) is 0 Å². The van der Waals surface area contributed by atoms with Gasteiger partial charge >= 0.3 is 0 Å². The average Bonchev–Trinajstić information content (AvgIpc) is 2.16. The molecule has 14 heavy (non-hydrogen) atoms. The van der Waals surface area contributed by atoms with Crippen LogP contribution in [0.1, 0.15) is 47.0 Å². The SMILES string of the molecule is CC(C)C(=O)N1CCCCC1C(C)C. The van der Waals surface area contributed by atoms with Crippen LogP contribution in [0.3, 0.4) is 0 Å². The second-order valence-corrected chi connectivity index (χ2v) is 4.99. The minimum atomic E-state index is 0.148. The lowest BCUT2D eigenvalue weighted by Gasteiger charge is -2.39. The number of rotatable bonds is 2. The van der Waals surface area contributed by atoms with Crippen LogP contribution >= 0.6 is 0 Å². The Bertz CT molecular complexity index is 198. The largest absolute Gasteiger partial charge is 0.339 e. The van der Waals surface area contributed by atoms with E-state index in [-0.39, 0.29) is 5.92 Å². The average molecular weight is 197 g/mol. The maximum atomic E-state index is 11.9. The minimum absolute atomic E-state index is 0.148. The van der Waals surface area contributed by atoms with Crippen LogP contribution < -0.4 is 0 Å². The van der Waals surface area contributed by atoms with Crippen molar-refractivity contribution in [3.63, 3.8) is 0 Å². The van der Waals surface area contributed by atoms with Gasteiger partial charge in [0.2, 0.25) is 5.91 Å². The van der Waals surface area contributed by atoms with Crippen molar-refractivity contribution in [1.29, 1.82) is 0 Å².